The molecule has 7 heteroatoms. The zero-order valence-corrected chi connectivity index (χ0v) is 13.0. The van der Waals surface area contributed by atoms with Crippen molar-refractivity contribution in [1.82, 2.24) is 9.55 Å². The minimum absolute atomic E-state index is 0.119. The highest BCUT2D eigenvalue weighted by atomic mass is 79.9. The molecule has 1 aromatic carbocycles. The third kappa shape index (κ3) is 3.04. The number of thioether (sulfide) groups is 1. The largest absolute Gasteiger partial charge is 0.481 e. The number of para-hydroxylation sites is 1. The van der Waals surface area contributed by atoms with E-state index in [2.05, 4.69) is 20.9 Å². The summed E-state index contributed by atoms with van der Waals surface area (Å²) in [6.07, 6.45) is 2.31. The zero-order valence-electron chi connectivity index (χ0n) is 10.6. The molecule has 1 heterocycles. The van der Waals surface area contributed by atoms with Crippen LogP contribution < -0.4 is 0 Å². The van der Waals surface area contributed by atoms with E-state index in [4.69, 9.17) is 5.11 Å². The molecule has 0 aliphatic rings. The van der Waals surface area contributed by atoms with Crippen molar-refractivity contribution in [3.05, 3.63) is 40.4 Å². The molecule has 2 rings (SSSR count). The van der Waals surface area contributed by atoms with Crippen LogP contribution in [0.3, 0.4) is 0 Å². The summed E-state index contributed by atoms with van der Waals surface area (Å²) in [4.78, 5) is 14.9. The van der Waals surface area contributed by atoms with Crippen LogP contribution in [-0.2, 0) is 11.2 Å². The summed E-state index contributed by atoms with van der Waals surface area (Å²) in [5, 5.41) is 9.24. The first-order valence-electron chi connectivity index (χ1n) is 5.90. The lowest BCUT2D eigenvalue weighted by atomic mass is 10.3. The van der Waals surface area contributed by atoms with Crippen LogP contribution >= 0.6 is 27.7 Å². The normalized spacial score (nSPS) is 10.8. The molecule has 0 unspecified atom stereocenters. The van der Waals surface area contributed by atoms with Gasteiger partial charge in [0.05, 0.1) is 11.4 Å². The number of carboxylic acids is 1. The maximum atomic E-state index is 14.1. The summed E-state index contributed by atoms with van der Waals surface area (Å²) in [7, 11) is 0. The van der Waals surface area contributed by atoms with E-state index in [1.807, 2.05) is 6.92 Å². The van der Waals surface area contributed by atoms with Crippen molar-refractivity contribution in [2.24, 2.45) is 0 Å². The molecule has 0 atom stereocenters. The van der Waals surface area contributed by atoms with Gasteiger partial charge in [-0.15, -0.1) is 0 Å². The van der Waals surface area contributed by atoms with Crippen molar-refractivity contribution in [3.8, 4) is 5.69 Å². The van der Waals surface area contributed by atoms with Crippen LogP contribution in [0.4, 0.5) is 4.39 Å². The fourth-order valence-electron chi connectivity index (χ4n) is 1.79. The highest BCUT2D eigenvalue weighted by molar-refractivity contribution is 9.10. The van der Waals surface area contributed by atoms with Gasteiger partial charge in [0.1, 0.15) is 5.82 Å². The molecule has 0 saturated carbocycles. The summed E-state index contributed by atoms with van der Waals surface area (Å²) in [5.41, 5.74) is 1.18. The van der Waals surface area contributed by atoms with Crippen molar-refractivity contribution >= 4 is 33.7 Å². The monoisotopic (exact) mass is 358 g/mol. The van der Waals surface area contributed by atoms with Gasteiger partial charge in [0.2, 0.25) is 0 Å². The Labute approximate surface area is 128 Å². The molecule has 0 amide bonds. The first-order chi connectivity index (χ1) is 9.54. The van der Waals surface area contributed by atoms with Gasteiger partial charge in [-0.2, -0.15) is 0 Å². The Balaban J connectivity index is 2.53. The van der Waals surface area contributed by atoms with Crippen LogP contribution in [0.25, 0.3) is 5.69 Å². The van der Waals surface area contributed by atoms with E-state index in [1.165, 1.54) is 6.07 Å². The number of rotatable bonds is 5. The Morgan fingerprint density at radius 2 is 2.30 bits per heavy atom. The predicted octanol–water partition coefficient (Wildman–Crippen LogP) is 3.51. The number of aliphatic carboxylic acids is 1. The lowest BCUT2D eigenvalue weighted by Crippen LogP contribution is -2.06. The van der Waals surface area contributed by atoms with E-state index < -0.39 is 5.97 Å². The highest BCUT2D eigenvalue weighted by Gasteiger charge is 2.17. The van der Waals surface area contributed by atoms with Crippen LogP contribution in [0.1, 0.15) is 12.6 Å². The topological polar surface area (TPSA) is 55.1 Å². The zero-order chi connectivity index (χ0) is 14.7. The van der Waals surface area contributed by atoms with Gasteiger partial charge in [-0.1, -0.05) is 24.8 Å². The number of hydrogen-bond acceptors (Lipinski definition) is 3. The third-order valence-corrected chi connectivity index (χ3v) is 4.23. The number of hydrogen-bond donors (Lipinski definition) is 1. The minimum atomic E-state index is -0.935. The molecule has 20 heavy (non-hydrogen) atoms. The minimum Gasteiger partial charge on any atom is -0.481 e. The molecule has 0 aliphatic carbocycles. The Bertz CT molecular complexity index is 625. The molecular formula is C13H12BrFN2O2S. The van der Waals surface area contributed by atoms with Crippen molar-refractivity contribution < 1.29 is 14.3 Å². The van der Waals surface area contributed by atoms with Gasteiger partial charge in [0.25, 0.3) is 0 Å². The standard InChI is InChI=1S/C13H12BrFN2O2S/c1-2-8-6-16-13(20-7-11(18)19)17(8)12-9(14)4-3-5-10(12)15/h3-6H,2,7H2,1H3,(H,18,19). The second-order valence-corrected chi connectivity index (χ2v) is 5.77. The molecule has 2 aromatic rings. The SMILES string of the molecule is CCc1cnc(SCC(=O)O)n1-c1c(F)cccc1Br. The second-order valence-electron chi connectivity index (χ2n) is 3.97. The van der Waals surface area contributed by atoms with Crippen LogP contribution in [0, 0.1) is 5.82 Å². The van der Waals surface area contributed by atoms with Crippen molar-refractivity contribution in [2.75, 3.05) is 5.75 Å². The van der Waals surface area contributed by atoms with Crippen molar-refractivity contribution in [2.45, 2.75) is 18.5 Å². The molecule has 0 radical (unpaired) electrons. The van der Waals surface area contributed by atoms with Gasteiger partial charge in [-0.05, 0) is 34.5 Å². The Hall–Kier alpha value is -1.34. The fourth-order valence-corrected chi connectivity index (χ4v) is 3.02. The highest BCUT2D eigenvalue weighted by Crippen LogP contribution is 2.30. The van der Waals surface area contributed by atoms with Gasteiger partial charge >= 0.3 is 5.97 Å². The maximum absolute atomic E-state index is 14.1. The molecule has 0 saturated heterocycles. The van der Waals surface area contributed by atoms with E-state index >= 15 is 0 Å². The Morgan fingerprint density at radius 3 is 2.90 bits per heavy atom. The molecule has 1 aromatic heterocycles. The van der Waals surface area contributed by atoms with Crippen molar-refractivity contribution in [3.63, 3.8) is 0 Å². The number of imidazole rings is 1. The fraction of sp³-hybridized carbons (Fsp3) is 0.231. The predicted molar refractivity (Wildman–Crippen MR) is 79.0 cm³/mol. The number of nitrogens with zero attached hydrogens (tertiary/aromatic N) is 2. The number of carbonyl (C=O) groups is 1. The summed E-state index contributed by atoms with van der Waals surface area (Å²) in [6.45, 7) is 1.94. The smallest absolute Gasteiger partial charge is 0.313 e. The number of halogens is 2. The first-order valence-corrected chi connectivity index (χ1v) is 7.68. The molecule has 4 nitrogen and oxygen atoms in total. The molecular weight excluding hydrogens is 347 g/mol. The Kier molecular flexibility index (Phi) is 4.82. The average molecular weight is 359 g/mol. The maximum Gasteiger partial charge on any atom is 0.313 e. The quantitative estimate of drug-likeness (QED) is 0.830. The number of carboxylic acid groups (broad SMARTS) is 1. The molecule has 0 spiro atoms. The molecule has 0 aliphatic heterocycles. The van der Waals surface area contributed by atoms with Gasteiger partial charge in [0.15, 0.2) is 5.16 Å². The van der Waals surface area contributed by atoms with E-state index in [9.17, 15) is 9.18 Å². The Morgan fingerprint density at radius 1 is 1.55 bits per heavy atom. The molecule has 0 fully saturated rings. The van der Waals surface area contributed by atoms with Gasteiger partial charge in [-0.25, -0.2) is 9.37 Å². The molecule has 0 bridgehead atoms. The van der Waals surface area contributed by atoms with Crippen LogP contribution in [-0.4, -0.2) is 26.4 Å². The summed E-state index contributed by atoms with van der Waals surface area (Å²) < 4.78 is 16.4. The number of aromatic nitrogens is 2. The van der Waals surface area contributed by atoms with Gasteiger partial charge < -0.3 is 5.11 Å². The van der Waals surface area contributed by atoms with E-state index in [0.717, 1.165) is 17.5 Å². The van der Waals surface area contributed by atoms with Gasteiger partial charge in [0, 0.05) is 16.4 Å². The number of aryl methyl sites for hydroxylation is 1. The van der Waals surface area contributed by atoms with Crippen LogP contribution in [0.15, 0.2) is 34.0 Å². The average Bonchev–Trinajstić information content (AvgIpc) is 2.79. The first kappa shape index (κ1) is 15.1. The van der Waals surface area contributed by atoms with Crippen LogP contribution in [0.5, 0.6) is 0 Å². The summed E-state index contributed by atoms with van der Waals surface area (Å²) >= 11 is 4.40. The van der Waals surface area contributed by atoms with Gasteiger partial charge in [-0.3, -0.25) is 9.36 Å². The van der Waals surface area contributed by atoms with Crippen LogP contribution in [0.2, 0.25) is 0 Å². The molecule has 1 N–H and O–H groups in total. The lowest BCUT2D eigenvalue weighted by molar-refractivity contribution is -0.133. The van der Waals surface area contributed by atoms with E-state index in [-0.39, 0.29) is 11.6 Å². The molecule has 106 valence electrons. The third-order valence-electron chi connectivity index (χ3n) is 2.65. The van der Waals surface area contributed by atoms with E-state index in [0.29, 0.717) is 21.7 Å². The van der Waals surface area contributed by atoms with Crippen molar-refractivity contribution in [1.29, 1.82) is 0 Å². The second kappa shape index (κ2) is 6.41. The van der Waals surface area contributed by atoms with E-state index in [1.54, 1.807) is 22.9 Å². The summed E-state index contributed by atoms with van der Waals surface area (Å²) in [6, 6.07) is 4.71. The summed E-state index contributed by atoms with van der Waals surface area (Å²) in [5.74, 6) is -1.44. The number of benzene rings is 1. The lowest BCUT2D eigenvalue weighted by Gasteiger charge is -2.13.